The summed E-state index contributed by atoms with van der Waals surface area (Å²) < 4.78 is 0. The highest BCUT2D eigenvalue weighted by atomic mass is 16.3. The van der Waals surface area contributed by atoms with Gasteiger partial charge in [-0.1, -0.05) is 6.07 Å². The van der Waals surface area contributed by atoms with Crippen LogP contribution in [0.4, 0.5) is 0 Å². The minimum Gasteiger partial charge on any atom is -0.508 e. The van der Waals surface area contributed by atoms with E-state index in [-0.39, 0.29) is 5.56 Å². The highest BCUT2D eigenvalue weighted by Crippen LogP contribution is 2.35. The highest BCUT2D eigenvalue weighted by Gasteiger charge is 2.31. The van der Waals surface area contributed by atoms with Crippen molar-refractivity contribution in [3.63, 3.8) is 0 Å². The largest absolute Gasteiger partial charge is 0.508 e. The zero-order valence-electron chi connectivity index (χ0n) is 11.6. The SMILES string of the molecule is O=C(c1c(O)cc(O)cc1O)[C@@H](O)[C@@H](O)c1ccc(O)c(O)c1. The first-order valence-corrected chi connectivity index (χ1v) is 6.39. The summed E-state index contributed by atoms with van der Waals surface area (Å²) in [6, 6.07) is 4.76. The molecule has 2 atom stereocenters. The topological polar surface area (TPSA) is 159 Å². The van der Waals surface area contributed by atoms with Crippen molar-refractivity contribution >= 4 is 5.78 Å². The van der Waals surface area contributed by atoms with Gasteiger partial charge in [-0.15, -0.1) is 0 Å². The molecule has 2 aromatic carbocycles. The second-order valence-corrected chi connectivity index (χ2v) is 4.86. The second-order valence-electron chi connectivity index (χ2n) is 4.86. The molecule has 7 N–H and O–H groups in total. The van der Waals surface area contributed by atoms with Gasteiger partial charge in [-0.25, -0.2) is 0 Å². The van der Waals surface area contributed by atoms with E-state index in [9.17, 15) is 40.5 Å². The zero-order chi connectivity index (χ0) is 17.3. The predicted octanol–water partition coefficient (Wildman–Crippen LogP) is 0.492. The van der Waals surface area contributed by atoms with E-state index in [0.29, 0.717) is 0 Å². The molecular formula is C15H14O8. The first kappa shape index (κ1) is 16.4. The van der Waals surface area contributed by atoms with Gasteiger partial charge in [0.25, 0.3) is 0 Å². The minimum atomic E-state index is -2.07. The molecule has 122 valence electrons. The lowest BCUT2D eigenvalue weighted by atomic mass is 9.96. The Hall–Kier alpha value is -2.97. The van der Waals surface area contributed by atoms with Crippen LogP contribution in [0.25, 0.3) is 0 Å². The van der Waals surface area contributed by atoms with E-state index in [1.54, 1.807) is 0 Å². The molecule has 0 saturated carbocycles. The van der Waals surface area contributed by atoms with Crippen molar-refractivity contribution in [2.24, 2.45) is 0 Å². The number of carbonyl (C=O) groups excluding carboxylic acids is 1. The summed E-state index contributed by atoms with van der Waals surface area (Å²) in [6.45, 7) is 0. The Morgan fingerprint density at radius 3 is 1.87 bits per heavy atom. The predicted molar refractivity (Wildman–Crippen MR) is 76.5 cm³/mol. The minimum absolute atomic E-state index is 0.0705. The van der Waals surface area contributed by atoms with Crippen LogP contribution in [-0.4, -0.2) is 47.6 Å². The number of aliphatic hydroxyl groups excluding tert-OH is 2. The zero-order valence-corrected chi connectivity index (χ0v) is 11.6. The number of aliphatic hydroxyl groups is 2. The molecule has 0 radical (unpaired) electrons. The fourth-order valence-corrected chi connectivity index (χ4v) is 2.05. The molecule has 0 aliphatic rings. The molecule has 0 unspecified atom stereocenters. The molecule has 8 nitrogen and oxygen atoms in total. The molecule has 0 aromatic heterocycles. The van der Waals surface area contributed by atoms with Gasteiger partial charge in [0.05, 0.1) is 0 Å². The number of carbonyl (C=O) groups is 1. The Kier molecular flexibility index (Phi) is 4.30. The third-order valence-electron chi connectivity index (χ3n) is 3.24. The second kappa shape index (κ2) is 6.03. The normalized spacial score (nSPS) is 13.5. The smallest absolute Gasteiger partial charge is 0.201 e. The van der Waals surface area contributed by atoms with Crippen molar-refractivity contribution < 1.29 is 40.5 Å². The van der Waals surface area contributed by atoms with E-state index >= 15 is 0 Å². The van der Waals surface area contributed by atoms with Crippen molar-refractivity contribution in [2.75, 3.05) is 0 Å². The average molecular weight is 322 g/mol. The van der Waals surface area contributed by atoms with Gasteiger partial charge in [-0.05, 0) is 17.7 Å². The van der Waals surface area contributed by atoms with Gasteiger partial charge in [0.2, 0.25) is 5.78 Å². The van der Waals surface area contributed by atoms with Gasteiger partial charge in [0, 0.05) is 12.1 Å². The summed E-state index contributed by atoms with van der Waals surface area (Å²) in [5, 5.41) is 66.9. The average Bonchev–Trinajstić information content (AvgIpc) is 2.47. The molecule has 0 aliphatic heterocycles. The van der Waals surface area contributed by atoms with Crippen LogP contribution in [0, 0.1) is 0 Å². The van der Waals surface area contributed by atoms with Crippen molar-refractivity contribution in [1.82, 2.24) is 0 Å². The van der Waals surface area contributed by atoms with E-state index in [0.717, 1.165) is 24.3 Å². The number of hydrogen-bond acceptors (Lipinski definition) is 8. The number of aromatic hydroxyl groups is 5. The Morgan fingerprint density at radius 1 is 0.783 bits per heavy atom. The molecule has 8 heteroatoms. The number of Topliss-reactive ketones (excluding diaryl/α,β-unsaturated/α-hetero) is 1. The van der Waals surface area contributed by atoms with Gasteiger partial charge in [0.1, 0.15) is 35.0 Å². The summed E-state index contributed by atoms with van der Waals surface area (Å²) in [7, 11) is 0. The maximum absolute atomic E-state index is 12.1. The summed E-state index contributed by atoms with van der Waals surface area (Å²) in [5.41, 5.74) is -0.740. The Labute approximate surface area is 129 Å². The van der Waals surface area contributed by atoms with Gasteiger partial charge in [-0.2, -0.15) is 0 Å². The third kappa shape index (κ3) is 3.12. The van der Waals surface area contributed by atoms with E-state index in [4.69, 9.17) is 0 Å². The van der Waals surface area contributed by atoms with Crippen LogP contribution in [0.5, 0.6) is 28.7 Å². The lowest BCUT2D eigenvalue weighted by Gasteiger charge is -2.18. The number of ketones is 1. The van der Waals surface area contributed by atoms with E-state index in [2.05, 4.69) is 0 Å². The van der Waals surface area contributed by atoms with Crippen molar-refractivity contribution in [2.45, 2.75) is 12.2 Å². The number of benzene rings is 2. The molecular weight excluding hydrogens is 308 g/mol. The number of hydrogen-bond donors (Lipinski definition) is 7. The summed E-state index contributed by atoms with van der Waals surface area (Å²) >= 11 is 0. The van der Waals surface area contributed by atoms with Crippen LogP contribution >= 0.6 is 0 Å². The van der Waals surface area contributed by atoms with Crippen LogP contribution in [0.15, 0.2) is 30.3 Å². The molecule has 0 saturated heterocycles. The number of rotatable bonds is 4. The molecule has 0 fully saturated rings. The fourth-order valence-electron chi connectivity index (χ4n) is 2.05. The van der Waals surface area contributed by atoms with Crippen molar-refractivity contribution in [3.05, 3.63) is 41.5 Å². The summed E-state index contributed by atoms with van der Waals surface area (Å²) in [5.74, 6) is -4.23. The Bertz CT molecular complexity index is 732. The lowest BCUT2D eigenvalue weighted by molar-refractivity contribution is 0.0199. The summed E-state index contributed by atoms with van der Waals surface area (Å²) in [4.78, 5) is 12.1. The molecule has 2 aromatic rings. The van der Waals surface area contributed by atoms with E-state index in [1.807, 2.05) is 0 Å². The Morgan fingerprint density at radius 2 is 1.35 bits per heavy atom. The van der Waals surface area contributed by atoms with Crippen molar-refractivity contribution in [3.8, 4) is 28.7 Å². The molecule has 0 amide bonds. The van der Waals surface area contributed by atoms with Crippen LogP contribution in [-0.2, 0) is 0 Å². The van der Waals surface area contributed by atoms with Crippen LogP contribution in [0.1, 0.15) is 22.0 Å². The molecule has 0 bridgehead atoms. The molecule has 0 heterocycles. The maximum Gasteiger partial charge on any atom is 0.201 e. The van der Waals surface area contributed by atoms with Gasteiger partial charge in [0.15, 0.2) is 11.5 Å². The maximum atomic E-state index is 12.1. The summed E-state index contributed by atoms with van der Waals surface area (Å²) in [6.07, 6.45) is -3.86. The Balaban J connectivity index is 2.34. The fraction of sp³-hybridized carbons (Fsp3) is 0.133. The first-order chi connectivity index (χ1) is 10.7. The van der Waals surface area contributed by atoms with Crippen LogP contribution in [0.2, 0.25) is 0 Å². The van der Waals surface area contributed by atoms with Gasteiger partial charge in [-0.3, -0.25) is 4.79 Å². The lowest BCUT2D eigenvalue weighted by Crippen LogP contribution is -2.28. The van der Waals surface area contributed by atoms with E-state index in [1.165, 1.54) is 6.07 Å². The standard InChI is InChI=1S/C15H14O8/c16-7-4-10(19)12(11(20)5-7)14(22)15(23)13(21)6-1-2-8(17)9(18)3-6/h1-5,13,15-21,23H/t13-,15-/m0/s1. The monoisotopic (exact) mass is 322 g/mol. The third-order valence-corrected chi connectivity index (χ3v) is 3.24. The molecule has 23 heavy (non-hydrogen) atoms. The molecule has 0 aliphatic carbocycles. The van der Waals surface area contributed by atoms with Gasteiger partial charge >= 0.3 is 0 Å². The molecule has 2 rings (SSSR count). The first-order valence-electron chi connectivity index (χ1n) is 6.39. The molecule has 0 spiro atoms. The van der Waals surface area contributed by atoms with Gasteiger partial charge < -0.3 is 35.7 Å². The number of phenols is 5. The number of phenolic OH excluding ortho intramolecular Hbond substituents is 5. The van der Waals surface area contributed by atoms with Crippen molar-refractivity contribution in [1.29, 1.82) is 0 Å². The van der Waals surface area contributed by atoms with Crippen LogP contribution in [0.3, 0.4) is 0 Å². The van der Waals surface area contributed by atoms with Crippen LogP contribution < -0.4 is 0 Å². The van der Waals surface area contributed by atoms with E-state index < -0.39 is 52.3 Å². The quantitative estimate of drug-likeness (QED) is 0.316. The highest BCUT2D eigenvalue weighted by molar-refractivity contribution is 6.04.